The summed E-state index contributed by atoms with van der Waals surface area (Å²) in [7, 11) is 2.05. The lowest BCUT2D eigenvalue weighted by Gasteiger charge is -2.29. The summed E-state index contributed by atoms with van der Waals surface area (Å²) in [6.07, 6.45) is 4.05. The monoisotopic (exact) mass is 369 g/mol. The van der Waals surface area contributed by atoms with Crippen molar-refractivity contribution in [1.82, 2.24) is 15.2 Å². The van der Waals surface area contributed by atoms with Gasteiger partial charge in [0.05, 0.1) is 18.2 Å². The van der Waals surface area contributed by atoms with E-state index in [-0.39, 0.29) is 23.7 Å². The minimum Gasteiger partial charge on any atom is -0.487 e. The summed E-state index contributed by atoms with van der Waals surface area (Å²) in [5.74, 6) is 0.492. The molecule has 1 fully saturated rings. The van der Waals surface area contributed by atoms with Crippen molar-refractivity contribution in [3.05, 3.63) is 47.9 Å². The van der Waals surface area contributed by atoms with Crippen molar-refractivity contribution in [2.75, 3.05) is 26.7 Å². The Morgan fingerprint density at radius 3 is 3.07 bits per heavy atom. The lowest BCUT2D eigenvalue weighted by Crippen LogP contribution is -2.44. The molecule has 4 rings (SSSR count). The molecule has 1 amide bonds. The minimum atomic E-state index is -0.298. The molecule has 27 heavy (non-hydrogen) atoms. The molecule has 0 radical (unpaired) electrons. The van der Waals surface area contributed by atoms with Gasteiger partial charge >= 0.3 is 0 Å². The maximum atomic E-state index is 14.1. The molecule has 1 N–H and O–H groups in total. The third-order valence-electron chi connectivity index (χ3n) is 5.30. The van der Waals surface area contributed by atoms with E-state index in [9.17, 15) is 9.18 Å². The Labute approximate surface area is 158 Å². The molecule has 1 saturated heterocycles. The summed E-state index contributed by atoms with van der Waals surface area (Å²) < 4.78 is 20.1. The van der Waals surface area contributed by atoms with Crippen molar-refractivity contribution in [2.45, 2.75) is 25.4 Å². The number of ether oxygens (including phenoxy) is 1. The first kappa shape index (κ1) is 17.9. The molecule has 3 heterocycles. The Morgan fingerprint density at radius 2 is 2.30 bits per heavy atom. The maximum Gasteiger partial charge on any atom is 0.224 e. The van der Waals surface area contributed by atoms with E-state index in [4.69, 9.17) is 4.74 Å². The number of amides is 1. The molecule has 142 valence electrons. The van der Waals surface area contributed by atoms with Crippen molar-refractivity contribution in [3.8, 4) is 17.0 Å². The van der Waals surface area contributed by atoms with Gasteiger partial charge < -0.3 is 15.0 Å². The number of likely N-dealkylation sites (tertiary alicyclic amines) is 1. The van der Waals surface area contributed by atoms with Crippen LogP contribution in [-0.2, 0) is 11.2 Å². The summed E-state index contributed by atoms with van der Waals surface area (Å²) >= 11 is 0. The van der Waals surface area contributed by atoms with Crippen molar-refractivity contribution >= 4 is 5.91 Å². The van der Waals surface area contributed by atoms with E-state index in [0.29, 0.717) is 30.0 Å². The first-order valence-electron chi connectivity index (χ1n) is 9.47. The van der Waals surface area contributed by atoms with Crippen LogP contribution in [0.3, 0.4) is 0 Å². The van der Waals surface area contributed by atoms with Gasteiger partial charge in [-0.05, 0) is 50.7 Å². The Bertz CT molecular complexity index is 828. The average Bonchev–Trinajstić information content (AvgIpc) is 3.09. The number of aromatic nitrogens is 1. The molecule has 2 aliphatic rings. The SMILES string of the molecule is CN1CCC[C@H](C(=O)NC[C@@H]2Cc3cc(F)cc(-c4ccccn4)c3O2)C1. The average molecular weight is 369 g/mol. The summed E-state index contributed by atoms with van der Waals surface area (Å²) in [5.41, 5.74) is 2.17. The van der Waals surface area contributed by atoms with Gasteiger partial charge in [-0.3, -0.25) is 9.78 Å². The Balaban J connectivity index is 1.43. The van der Waals surface area contributed by atoms with Gasteiger partial charge in [-0.2, -0.15) is 0 Å². The molecule has 2 aliphatic heterocycles. The van der Waals surface area contributed by atoms with Gasteiger partial charge in [0.15, 0.2) is 0 Å². The fraction of sp³-hybridized carbons (Fsp3) is 0.429. The molecule has 1 aromatic heterocycles. The lowest BCUT2D eigenvalue weighted by atomic mass is 9.97. The van der Waals surface area contributed by atoms with E-state index in [1.807, 2.05) is 25.2 Å². The topological polar surface area (TPSA) is 54.5 Å². The minimum absolute atomic E-state index is 0.0362. The number of rotatable bonds is 4. The fourth-order valence-electron chi connectivity index (χ4n) is 3.96. The number of benzene rings is 1. The molecule has 0 bridgehead atoms. The molecule has 5 nitrogen and oxygen atoms in total. The zero-order chi connectivity index (χ0) is 18.8. The quantitative estimate of drug-likeness (QED) is 0.900. The molecular weight excluding hydrogens is 345 g/mol. The van der Waals surface area contributed by atoms with E-state index in [1.54, 1.807) is 6.20 Å². The zero-order valence-corrected chi connectivity index (χ0v) is 15.5. The summed E-state index contributed by atoms with van der Waals surface area (Å²) in [6.45, 7) is 2.27. The second-order valence-corrected chi connectivity index (χ2v) is 7.45. The number of piperidine rings is 1. The van der Waals surface area contributed by atoms with Gasteiger partial charge in [-0.25, -0.2) is 4.39 Å². The second-order valence-electron chi connectivity index (χ2n) is 7.45. The molecular formula is C21H24FN3O2. The zero-order valence-electron chi connectivity index (χ0n) is 15.5. The van der Waals surface area contributed by atoms with Gasteiger partial charge in [-0.15, -0.1) is 0 Å². The van der Waals surface area contributed by atoms with Crippen LogP contribution in [0.15, 0.2) is 36.5 Å². The van der Waals surface area contributed by atoms with Crippen LogP contribution in [-0.4, -0.2) is 48.6 Å². The largest absolute Gasteiger partial charge is 0.487 e. The number of hydrogen-bond acceptors (Lipinski definition) is 4. The van der Waals surface area contributed by atoms with Gasteiger partial charge in [0.25, 0.3) is 0 Å². The smallest absolute Gasteiger partial charge is 0.224 e. The van der Waals surface area contributed by atoms with Crippen LogP contribution in [0.1, 0.15) is 18.4 Å². The Morgan fingerprint density at radius 1 is 1.41 bits per heavy atom. The molecule has 0 saturated carbocycles. The van der Waals surface area contributed by atoms with Crippen molar-refractivity contribution in [2.24, 2.45) is 5.92 Å². The highest BCUT2D eigenvalue weighted by atomic mass is 19.1. The number of carbonyl (C=O) groups is 1. The van der Waals surface area contributed by atoms with Crippen LogP contribution >= 0.6 is 0 Å². The van der Waals surface area contributed by atoms with Crippen molar-refractivity contribution in [3.63, 3.8) is 0 Å². The third kappa shape index (κ3) is 3.95. The van der Waals surface area contributed by atoms with Crippen molar-refractivity contribution in [1.29, 1.82) is 0 Å². The predicted octanol–water partition coefficient (Wildman–Crippen LogP) is 2.65. The summed E-state index contributed by atoms with van der Waals surface area (Å²) in [5, 5.41) is 3.02. The van der Waals surface area contributed by atoms with Gasteiger partial charge in [0.2, 0.25) is 5.91 Å². The van der Waals surface area contributed by atoms with Crippen molar-refractivity contribution < 1.29 is 13.9 Å². The van der Waals surface area contributed by atoms with Crippen LogP contribution in [0.25, 0.3) is 11.3 Å². The van der Waals surface area contributed by atoms with Crippen LogP contribution in [0.2, 0.25) is 0 Å². The van der Waals surface area contributed by atoms with E-state index >= 15 is 0 Å². The van der Waals surface area contributed by atoms with Crippen LogP contribution in [0, 0.1) is 11.7 Å². The Kier molecular flexibility index (Phi) is 5.07. The molecule has 0 spiro atoms. The second kappa shape index (κ2) is 7.64. The third-order valence-corrected chi connectivity index (χ3v) is 5.30. The predicted molar refractivity (Wildman–Crippen MR) is 101 cm³/mol. The number of pyridine rings is 1. The van der Waals surface area contributed by atoms with E-state index in [2.05, 4.69) is 15.2 Å². The molecule has 2 aromatic rings. The van der Waals surface area contributed by atoms with Crippen LogP contribution in [0.4, 0.5) is 4.39 Å². The number of halogens is 1. The number of nitrogens with one attached hydrogen (secondary N) is 1. The molecule has 0 aliphatic carbocycles. The number of carbonyl (C=O) groups excluding carboxylic acids is 1. The summed E-state index contributed by atoms with van der Waals surface area (Å²) in [6, 6.07) is 8.51. The van der Waals surface area contributed by atoms with Crippen LogP contribution < -0.4 is 10.1 Å². The highest BCUT2D eigenvalue weighted by Gasteiger charge is 2.29. The number of fused-ring (bicyclic) bond motifs is 1. The van der Waals surface area contributed by atoms with Gasteiger partial charge in [0.1, 0.15) is 17.7 Å². The molecule has 6 heteroatoms. The normalized spacial score (nSPS) is 22.1. The number of nitrogens with zero attached hydrogens (tertiary/aromatic N) is 2. The maximum absolute atomic E-state index is 14.1. The van der Waals surface area contributed by atoms with Gasteiger partial charge in [0, 0.05) is 30.3 Å². The summed E-state index contributed by atoms with van der Waals surface area (Å²) in [4.78, 5) is 19.0. The first-order chi connectivity index (χ1) is 13.1. The Hall–Kier alpha value is -2.47. The number of hydrogen-bond donors (Lipinski definition) is 1. The first-order valence-corrected chi connectivity index (χ1v) is 9.47. The van der Waals surface area contributed by atoms with E-state index in [1.165, 1.54) is 12.1 Å². The van der Waals surface area contributed by atoms with E-state index < -0.39 is 0 Å². The molecule has 2 atom stereocenters. The van der Waals surface area contributed by atoms with Gasteiger partial charge in [-0.1, -0.05) is 6.07 Å². The standard InChI is InChI=1S/C21H24FN3O2/c1-25-8-4-5-14(13-25)21(26)24-12-17-10-15-9-16(22)11-18(20(15)27-17)19-6-2-3-7-23-19/h2-3,6-7,9,11,14,17H,4-5,8,10,12-13H2,1H3,(H,24,26)/t14-,17-/m0/s1. The molecule has 0 unspecified atom stereocenters. The highest BCUT2D eigenvalue weighted by molar-refractivity contribution is 5.79. The van der Waals surface area contributed by atoms with E-state index in [0.717, 1.165) is 31.5 Å². The molecule has 1 aromatic carbocycles. The fourth-order valence-corrected chi connectivity index (χ4v) is 3.96. The lowest BCUT2D eigenvalue weighted by molar-refractivity contribution is -0.126. The van der Waals surface area contributed by atoms with Crippen LogP contribution in [0.5, 0.6) is 5.75 Å². The highest BCUT2D eigenvalue weighted by Crippen LogP contribution is 2.38.